The first kappa shape index (κ1) is 22.1. The van der Waals surface area contributed by atoms with Gasteiger partial charge < -0.3 is 24.4 Å². The van der Waals surface area contributed by atoms with E-state index in [2.05, 4.69) is 26.7 Å². The molecule has 0 atom stereocenters. The predicted octanol–water partition coefficient (Wildman–Crippen LogP) is 2.24. The van der Waals surface area contributed by atoms with E-state index in [9.17, 15) is 14.9 Å². The van der Waals surface area contributed by atoms with Crippen LogP contribution in [0.15, 0.2) is 51.8 Å². The first-order chi connectivity index (χ1) is 16.1. The van der Waals surface area contributed by atoms with Crippen LogP contribution in [0.2, 0.25) is 0 Å². The van der Waals surface area contributed by atoms with E-state index in [1.807, 2.05) is 17.0 Å². The van der Waals surface area contributed by atoms with Crippen molar-refractivity contribution in [1.29, 1.82) is 5.26 Å². The molecule has 1 aliphatic heterocycles. The fraction of sp³-hybridized carbons (Fsp3) is 0.348. The van der Waals surface area contributed by atoms with Crippen molar-refractivity contribution < 1.29 is 18.4 Å². The van der Waals surface area contributed by atoms with Gasteiger partial charge in [-0.15, -0.1) is 0 Å². The number of nitrogens with one attached hydrogen (secondary N) is 2. The number of oxazole rings is 1. The smallest absolute Gasteiger partial charge is 0.266 e. The number of furan rings is 1. The third-order valence-corrected chi connectivity index (χ3v) is 5.49. The fourth-order valence-electron chi connectivity index (χ4n) is 3.68. The lowest BCUT2D eigenvalue weighted by Crippen LogP contribution is -2.41. The summed E-state index contributed by atoms with van der Waals surface area (Å²) in [5, 5.41) is 15.1. The second-order valence-electron chi connectivity index (χ2n) is 7.70. The highest BCUT2D eigenvalue weighted by Crippen LogP contribution is 2.31. The van der Waals surface area contributed by atoms with Gasteiger partial charge in [0, 0.05) is 50.9 Å². The van der Waals surface area contributed by atoms with Gasteiger partial charge in [-0.05, 0) is 42.7 Å². The minimum Gasteiger partial charge on any atom is -0.459 e. The molecule has 3 aromatic rings. The van der Waals surface area contributed by atoms with Crippen LogP contribution in [0.5, 0.6) is 0 Å². The highest BCUT2D eigenvalue weighted by atomic mass is 16.4. The van der Waals surface area contributed by atoms with Gasteiger partial charge in [-0.3, -0.25) is 14.6 Å². The molecule has 3 aromatic heterocycles. The van der Waals surface area contributed by atoms with Crippen LogP contribution >= 0.6 is 0 Å². The molecule has 0 bridgehead atoms. The van der Waals surface area contributed by atoms with Crippen molar-refractivity contribution in [2.24, 2.45) is 5.92 Å². The standard InChI is InChI=1S/C23H24N6O4/c24-14-18-23(33-22(28-18)19-2-1-13-32-19)29-11-6-17(7-12-29)21(31)26-10-5-20(30)27-15-16-3-8-25-9-4-16/h1-4,8-9,13,17H,5-7,10-12,15H2,(H,26,31)(H,27,30). The SMILES string of the molecule is N#Cc1nc(-c2ccco2)oc1N1CCC(C(=O)NCCC(=O)NCc2ccncc2)CC1. The quantitative estimate of drug-likeness (QED) is 0.535. The van der Waals surface area contributed by atoms with Crippen molar-refractivity contribution in [3.63, 3.8) is 0 Å². The summed E-state index contributed by atoms with van der Waals surface area (Å²) in [6, 6.07) is 9.17. The van der Waals surface area contributed by atoms with E-state index in [-0.39, 0.29) is 42.3 Å². The van der Waals surface area contributed by atoms with Gasteiger partial charge >= 0.3 is 0 Å². The summed E-state index contributed by atoms with van der Waals surface area (Å²) in [5.74, 6) is 0.771. The molecule has 0 unspecified atom stereocenters. The summed E-state index contributed by atoms with van der Waals surface area (Å²) in [7, 11) is 0. The van der Waals surface area contributed by atoms with Crippen molar-refractivity contribution in [2.45, 2.75) is 25.8 Å². The van der Waals surface area contributed by atoms with Crippen LogP contribution in [0.3, 0.4) is 0 Å². The number of hydrogen-bond donors (Lipinski definition) is 2. The molecular formula is C23H24N6O4. The van der Waals surface area contributed by atoms with Gasteiger partial charge in [0.05, 0.1) is 6.26 Å². The van der Waals surface area contributed by atoms with Gasteiger partial charge in [0.1, 0.15) is 6.07 Å². The maximum absolute atomic E-state index is 12.5. The Kier molecular flexibility index (Phi) is 6.99. The van der Waals surface area contributed by atoms with Gasteiger partial charge in [0.2, 0.25) is 23.4 Å². The minimum absolute atomic E-state index is 0.0639. The molecule has 33 heavy (non-hydrogen) atoms. The van der Waals surface area contributed by atoms with Gasteiger partial charge in [-0.25, -0.2) is 0 Å². The number of aromatic nitrogens is 2. The lowest BCUT2D eigenvalue weighted by atomic mass is 9.96. The van der Waals surface area contributed by atoms with Crippen LogP contribution < -0.4 is 15.5 Å². The molecule has 0 spiro atoms. The molecule has 2 amide bonds. The van der Waals surface area contributed by atoms with Crippen LogP contribution in [-0.2, 0) is 16.1 Å². The lowest BCUT2D eigenvalue weighted by molar-refractivity contribution is -0.125. The number of piperidine rings is 1. The van der Waals surface area contributed by atoms with Crippen molar-refractivity contribution in [3.05, 3.63) is 54.2 Å². The number of carbonyl (C=O) groups excluding carboxylic acids is 2. The topological polar surface area (TPSA) is 137 Å². The van der Waals surface area contributed by atoms with E-state index in [1.165, 1.54) is 6.26 Å². The number of anilines is 1. The summed E-state index contributed by atoms with van der Waals surface area (Å²) in [5.41, 5.74) is 1.17. The zero-order valence-electron chi connectivity index (χ0n) is 18.0. The predicted molar refractivity (Wildman–Crippen MR) is 118 cm³/mol. The first-order valence-electron chi connectivity index (χ1n) is 10.8. The minimum atomic E-state index is -0.154. The Morgan fingerprint density at radius 1 is 1.18 bits per heavy atom. The zero-order chi connectivity index (χ0) is 23.0. The molecule has 10 nitrogen and oxygen atoms in total. The van der Waals surface area contributed by atoms with Crippen LogP contribution in [-0.4, -0.2) is 41.4 Å². The average Bonchev–Trinajstić information content (AvgIpc) is 3.53. The molecule has 4 heterocycles. The van der Waals surface area contributed by atoms with Crippen LogP contribution in [0.1, 0.15) is 30.5 Å². The Morgan fingerprint density at radius 3 is 2.67 bits per heavy atom. The van der Waals surface area contributed by atoms with Crippen LogP contribution in [0.4, 0.5) is 5.88 Å². The number of amides is 2. The molecule has 10 heteroatoms. The van der Waals surface area contributed by atoms with Gasteiger partial charge in [-0.1, -0.05) is 0 Å². The monoisotopic (exact) mass is 448 g/mol. The zero-order valence-corrected chi connectivity index (χ0v) is 18.0. The summed E-state index contributed by atoms with van der Waals surface area (Å²) < 4.78 is 11.1. The molecule has 1 fully saturated rings. The van der Waals surface area contributed by atoms with Crippen molar-refractivity contribution >= 4 is 17.7 Å². The largest absolute Gasteiger partial charge is 0.459 e. The second kappa shape index (κ2) is 10.5. The molecule has 4 rings (SSSR count). The summed E-state index contributed by atoms with van der Waals surface area (Å²) in [6.45, 7) is 1.84. The summed E-state index contributed by atoms with van der Waals surface area (Å²) in [6.07, 6.45) is 6.31. The Balaban J connectivity index is 1.21. The first-order valence-corrected chi connectivity index (χ1v) is 10.8. The average molecular weight is 448 g/mol. The number of carbonyl (C=O) groups is 2. The van der Waals surface area contributed by atoms with E-state index >= 15 is 0 Å². The molecule has 0 saturated carbocycles. The van der Waals surface area contributed by atoms with Gasteiger partial charge in [-0.2, -0.15) is 10.2 Å². The highest BCUT2D eigenvalue weighted by Gasteiger charge is 2.29. The maximum Gasteiger partial charge on any atom is 0.266 e. The van der Waals surface area contributed by atoms with E-state index in [0.29, 0.717) is 44.1 Å². The molecular weight excluding hydrogens is 424 g/mol. The Bertz CT molecular complexity index is 1110. The third-order valence-electron chi connectivity index (χ3n) is 5.49. The van der Waals surface area contributed by atoms with E-state index < -0.39 is 0 Å². The van der Waals surface area contributed by atoms with Crippen LogP contribution in [0.25, 0.3) is 11.7 Å². The van der Waals surface area contributed by atoms with E-state index in [1.54, 1.807) is 24.5 Å². The molecule has 0 radical (unpaired) electrons. The van der Waals surface area contributed by atoms with Gasteiger partial charge in [0.15, 0.2) is 5.76 Å². The molecule has 0 aromatic carbocycles. The highest BCUT2D eigenvalue weighted by molar-refractivity contribution is 5.80. The summed E-state index contributed by atoms with van der Waals surface area (Å²) >= 11 is 0. The van der Waals surface area contributed by atoms with Crippen molar-refractivity contribution in [2.75, 3.05) is 24.5 Å². The second-order valence-corrected chi connectivity index (χ2v) is 7.70. The Morgan fingerprint density at radius 2 is 1.97 bits per heavy atom. The van der Waals surface area contributed by atoms with Crippen LogP contribution in [0, 0.1) is 17.2 Å². The molecule has 1 saturated heterocycles. The number of nitriles is 1. The fourth-order valence-corrected chi connectivity index (χ4v) is 3.68. The molecule has 0 aliphatic carbocycles. The van der Waals surface area contributed by atoms with Gasteiger partial charge in [0.25, 0.3) is 5.89 Å². The molecule has 2 N–H and O–H groups in total. The van der Waals surface area contributed by atoms with Crippen molar-refractivity contribution in [1.82, 2.24) is 20.6 Å². The van der Waals surface area contributed by atoms with E-state index in [0.717, 1.165) is 5.56 Å². The summed E-state index contributed by atoms with van der Waals surface area (Å²) in [4.78, 5) is 34.6. The van der Waals surface area contributed by atoms with Crippen molar-refractivity contribution in [3.8, 4) is 17.7 Å². The number of rotatable bonds is 8. The Hall–Kier alpha value is -4.13. The number of hydrogen-bond acceptors (Lipinski definition) is 8. The number of nitrogens with zero attached hydrogens (tertiary/aromatic N) is 4. The normalized spacial score (nSPS) is 14.0. The maximum atomic E-state index is 12.5. The molecule has 170 valence electrons. The Labute approximate surface area is 190 Å². The number of pyridine rings is 1. The lowest BCUT2D eigenvalue weighted by Gasteiger charge is -2.30. The molecule has 1 aliphatic rings. The van der Waals surface area contributed by atoms with E-state index in [4.69, 9.17) is 8.83 Å². The third kappa shape index (κ3) is 5.57.